The highest BCUT2D eigenvalue weighted by atomic mass is 16.5. The summed E-state index contributed by atoms with van der Waals surface area (Å²) in [7, 11) is 0. The van der Waals surface area contributed by atoms with Crippen molar-refractivity contribution in [1.82, 2.24) is 15.0 Å². The van der Waals surface area contributed by atoms with E-state index in [9.17, 15) is 5.11 Å². The number of fused-ring (bicyclic) bond motifs is 1. The molecule has 0 atom stereocenters. The Bertz CT molecular complexity index is 1220. The maximum absolute atomic E-state index is 10.5. The van der Waals surface area contributed by atoms with Crippen LogP contribution in [-0.2, 0) is 4.74 Å². The number of ether oxygens (including phenoxy) is 1. The van der Waals surface area contributed by atoms with Gasteiger partial charge in [0.15, 0.2) is 0 Å². The Kier molecular flexibility index (Phi) is 5.09. The molecule has 5 rings (SSSR count). The Morgan fingerprint density at radius 2 is 1.81 bits per heavy atom. The Morgan fingerprint density at radius 1 is 1.00 bits per heavy atom. The fourth-order valence-corrected chi connectivity index (χ4v) is 3.80. The lowest BCUT2D eigenvalue weighted by atomic mass is 10.1. The zero-order valence-electron chi connectivity index (χ0n) is 17.2. The molecule has 7 heteroatoms. The molecule has 7 nitrogen and oxygen atoms in total. The second-order valence-corrected chi connectivity index (χ2v) is 7.57. The highest BCUT2D eigenvalue weighted by Crippen LogP contribution is 2.31. The van der Waals surface area contributed by atoms with Crippen molar-refractivity contribution in [3.05, 3.63) is 66.4 Å². The van der Waals surface area contributed by atoms with Gasteiger partial charge in [-0.3, -0.25) is 4.98 Å². The molecule has 2 aromatic heterocycles. The van der Waals surface area contributed by atoms with E-state index in [1.165, 1.54) is 0 Å². The standard InChI is InChI=1S/C24H23N5O2/c1-16-3-2-4-17(15-16)21-22-20(9-10-25-21)23(30)28-24(27-22)26-18-5-7-19(8-6-18)29-11-13-31-14-12-29/h2-10,15H,11-14H2,1H3,(H2,26,27,28,30). The molecule has 0 bridgehead atoms. The van der Waals surface area contributed by atoms with Gasteiger partial charge in [-0.1, -0.05) is 23.8 Å². The van der Waals surface area contributed by atoms with Crippen LogP contribution < -0.4 is 10.2 Å². The van der Waals surface area contributed by atoms with Crippen molar-refractivity contribution in [2.24, 2.45) is 0 Å². The number of benzene rings is 2. The summed E-state index contributed by atoms with van der Waals surface area (Å²) in [5.74, 6) is 0.250. The normalized spacial score (nSPS) is 14.0. The van der Waals surface area contributed by atoms with Crippen molar-refractivity contribution in [2.45, 2.75) is 6.92 Å². The van der Waals surface area contributed by atoms with Crippen LogP contribution in [0.3, 0.4) is 0 Å². The summed E-state index contributed by atoms with van der Waals surface area (Å²) in [5, 5.41) is 14.3. The Labute approximate surface area is 180 Å². The van der Waals surface area contributed by atoms with E-state index in [0.29, 0.717) is 22.5 Å². The number of rotatable bonds is 4. The van der Waals surface area contributed by atoms with Crippen molar-refractivity contribution in [2.75, 3.05) is 36.5 Å². The number of nitrogens with zero attached hydrogens (tertiary/aromatic N) is 4. The van der Waals surface area contributed by atoms with Gasteiger partial charge in [0, 0.05) is 36.2 Å². The highest BCUT2D eigenvalue weighted by Gasteiger charge is 2.14. The number of pyridine rings is 1. The Balaban J connectivity index is 1.47. The molecule has 2 N–H and O–H groups in total. The molecule has 3 heterocycles. The summed E-state index contributed by atoms with van der Waals surface area (Å²) in [5.41, 5.74) is 5.40. The van der Waals surface area contributed by atoms with E-state index in [2.05, 4.69) is 43.4 Å². The zero-order chi connectivity index (χ0) is 21.2. The van der Waals surface area contributed by atoms with Crippen LogP contribution in [0, 0.1) is 6.92 Å². The topological polar surface area (TPSA) is 83.4 Å². The van der Waals surface area contributed by atoms with Gasteiger partial charge in [-0.2, -0.15) is 4.98 Å². The van der Waals surface area contributed by atoms with E-state index >= 15 is 0 Å². The van der Waals surface area contributed by atoms with Crippen molar-refractivity contribution in [3.63, 3.8) is 0 Å². The number of morpholine rings is 1. The predicted molar refractivity (Wildman–Crippen MR) is 122 cm³/mol. The molecule has 0 radical (unpaired) electrons. The minimum atomic E-state index is -0.0752. The van der Waals surface area contributed by atoms with Crippen LogP contribution in [0.15, 0.2) is 60.8 Å². The Morgan fingerprint density at radius 3 is 2.58 bits per heavy atom. The van der Waals surface area contributed by atoms with Gasteiger partial charge in [-0.15, -0.1) is 0 Å². The van der Waals surface area contributed by atoms with Crippen LogP contribution in [0.2, 0.25) is 0 Å². The number of anilines is 3. The first kappa shape index (κ1) is 19.3. The molecule has 156 valence electrons. The van der Waals surface area contributed by atoms with Crippen molar-refractivity contribution >= 4 is 28.2 Å². The third-order valence-corrected chi connectivity index (χ3v) is 5.39. The molecular weight excluding hydrogens is 390 g/mol. The molecule has 1 aliphatic heterocycles. The van der Waals surface area contributed by atoms with Crippen LogP contribution in [0.5, 0.6) is 5.88 Å². The monoisotopic (exact) mass is 413 g/mol. The second-order valence-electron chi connectivity index (χ2n) is 7.57. The van der Waals surface area contributed by atoms with E-state index in [-0.39, 0.29) is 5.88 Å². The number of hydrogen-bond acceptors (Lipinski definition) is 7. The third-order valence-electron chi connectivity index (χ3n) is 5.39. The first-order valence-electron chi connectivity index (χ1n) is 10.3. The smallest absolute Gasteiger partial charge is 0.231 e. The van der Waals surface area contributed by atoms with Crippen molar-refractivity contribution in [3.8, 4) is 17.1 Å². The van der Waals surface area contributed by atoms with E-state index in [1.54, 1.807) is 12.3 Å². The molecule has 0 spiro atoms. The van der Waals surface area contributed by atoms with Crippen LogP contribution in [-0.4, -0.2) is 46.4 Å². The maximum Gasteiger partial charge on any atom is 0.231 e. The van der Waals surface area contributed by atoms with Gasteiger partial charge in [0.25, 0.3) is 0 Å². The van der Waals surface area contributed by atoms with E-state index < -0.39 is 0 Å². The molecule has 0 amide bonds. The summed E-state index contributed by atoms with van der Waals surface area (Å²) < 4.78 is 5.42. The lowest BCUT2D eigenvalue weighted by molar-refractivity contribution is 0.122. The largest absolute Gasteiger partial charge is 0.493 e. The molecule has 2 aromatic carbocycles. The SMILES string of the molecule is Cc1cccc(-c2nccc3c(O)nc(Nc4ccc(N5CCOCC5)cc4)nc23)c1. The van der Waals surface area contributed by atoms with Crippen LogP contribution in [0.4, 0.5) is 17.3 Å². The summed E-state index contributed by atoms with van der Waals surface area (Å²) >= 11 is 0. The van der Waals surface area contributed by atoms with Crippen LogP contribution >= 0.6 is 0 Å². The molecule has 0 saturated carbocycles. The maximum atomic E-state index is 10.5. The summed E-state index contributed by atoms with van der Waals surface area (Å²) in [6.07, 6.45) is 1.67. The molecule has 0 aliphatic carbocycles. The summed E-state index contributed by atoms with van der Waals surface area (Å²) in [6, 6.07) is 17.9. The molecule has 31 heavy (non-hydrogen) atoms. The third kappa shape index (κ3) is 4.00. The minimum absolute atomic E-state index is 0.0752. The number of nitrogens with one attached hydrogen (secondary N) is 1. The molecule has 0 unspecified atom stereocenters. The first-order chi connectivity index (χ1) is 15.2. The van der Waals surface area contributed by atoms with Crippen molar-refractivity contribution < 1.29 is 9.84 Å². The lowest BCUT2D eigenvalue weighted by Crippen LogP contribution is -2.36. The van der Waals surface area contributed by atoms with Gasteiger partial charge in [0.2, 0.25) is 11.8 Å². The van der Waals surface area contributed by atoms with Crippen LogP contribution in [0.1, 0.15) is 5.56 Å². The van der Waals surface area contributed by atoms with Gasteiger partial charge >= 0.3 is 0 Å². The average Bonchev–Trinajstić information content (AvgIpc) is 2.80. The molecule has 4 aromatic rings. The fourth-order valence-electron chi connectivity index (χ4n) is 3.80. The zero-order valence-corrected chi connectivity index (χ0v) is 17.2. The average molecular weight is 413 g/mol. The quantitative estimate of drug-likeness (QED) is 0.516. The Hall–Kier alpha value is -3.71. The lowest BCUT2D eigenvalue weighted by Gasteiger charge is -2.28. The van der Waals surface area contributed by atoms with Crippen molar-refractivity contribution in [1.29, 1.82) is 0 Å². The van der Waals surface area contributed by atoms with Gasteiger partial charge in [-0.25, -0.2) is 4.98 Å². The van der Waals surface area contributed by atoms with Gasteiger partial charge in [-0.05, 0) is 43.3 Å². The number of aryl methyl sites for hydroxylation is 1. The highest BCUT2D eigenvalue weighted by molar-refractivity contribution is 5.94. The predicted octanol–water partition coefficient (Wildman–Crippen LogP) is 4.29. The number of aromatic hydroxyl groups is 1. The van der Waals surface area contributed by atoms with Gasteiger partial charge in [0.1, 0.15) is 5.52 Å². The van der Waals surface area contributed by atoms with E-state index in [1.807, 2.05) is 37.3 Å². The van der Waals surface area contributed by atoms with Crippen LogP contribution in [0.25, 0.3) is 22.2 Å². The second kappa shape index (κ2) is 8.20. The fraction of sp³-hybridized carbons (Fsp3) is 0.208. The van der Waals surface area contributed by atoms with Gasteiger partial charge in [0.05, 0.1) is 24.3 Å². The molecule has 1 aliphatic rings. The van der Waals surface area contributed by atoms with E-state index in [0.717, 1.165) is 48.8 Å². The molecule has 1 fully saturated rings. The number of aromatic nitrogens is 3. The minimum Gasteiger partial charge on any atom is -0.493 e. The first-order valence-corrected chi connectivity index (χ1v) is 10.3. The number of hydrogen-bond donors (Lipinski definition) is 2. The van der Waals surface area contributed by atoms with Gasteiger partial charge < -0.3 is 20.1 Å². The molecule has 1 saturated heterocycles. The summed E-state index contributed by atoms with van der Waals surface area (Å²) in [4.78, 5) is 15.7. The summed E-state index contributed by atoms with van der Waals surface area (Å²) in [6.45, 7) is 5.32. The molecular formula is C24H23N5O2. The van der Waals surface area contributed by atoms with E-state index in [4.69, 9.17) is 4.74 Å².